The SMILES string of the molecule is Cc1ccc(NCC(=O)NC(=O)NCc2ccccc2)c(C)c1. The highest BCUT2D eigenvalue weighted by molar-refractivity contribution is 5.96. The van der Waals surface area contributed by atoms with E-state index in [0.717, 1.165) is 22.4 Å². The van der Waals surface area contributed by atoms with Crippen LogP contribution in [0.5, 0.6) is 0 Å². The molecular weight excluding hydrogens is 290 g/mol. The minimum Gasteiger partial charge on any atom is -0.376 e. The molecule has 2 rings (SSSR count). The molecular formula is C18H21N3O2. The quantitative estimate of drug-likeness (QED) is 0.795. The van der Waals surface area contributed by atoms with Gasteiger partial charge in [-0.3, -0.25) is 10.1 Å². The summed E-state index contributed by atoms with van der Waals surface area (Å²) in [6, 6.07) is 14.9. The minimum absolute atomic E-state index is 0.0443. The zero-order valence-electron chi connectivity index (χ0n) is 13.3. The number of hydrogen-bond acceptors (Lipinski definition) is 3. The predicted molar refractivity (Wildman–Crippen MR) is 91.2 cm³/mol. The first-order chi connectivity index (χ1) is 11.0. The molecule has 2 aromatic carbocycles. The molecule has 3 amide bonds. The molecule has 3 N–H and O–H groups in total. The second kappa shape index (κ2) is 7.98. The van der Waals surface area contributed by atoms with Crippen LogP contribution in [0.2, 0.25) is 0 Å². The highest BCUT2D eigenvalue weighted by Crippen LogP contribution is 2.15. The average molecular weight is 311 g/mol. The molecule has 0 unspecified atom stereocenters. The van der Waals surface area contributed by atoms with Gasteiger partial charge in [-0.05, 0) is 31.0 Å². The van der Waals surface area contributed by atoms with Crippen molar-refractivity contribution >= 4 is 17.6 Å². The molecule has 0 saturated heterocycles. The molecule has 0 saturated carbocycles. The van der Waals surface area contributed by atoms with Crippen molar-refractivity contribution in [1.29, 1.82) is 0 Å². The van der Waals surface area contributed by atoms with Crippen molar-refractivity contribution in [1.82, 2.24) is 10.6 Å². The van der Waals surface area contributed by atoms with Crippen molar-refractivity contribution in [3.63, 3.8) is 0 Å². The number of carbonyl (C=O) groups excluding carboxylic acids is 2. The number of hydrogen-bond donors (Lipinski definition) is 3. The van der Waals surface area contributed by atoms with Gasteiger partial charge in [0, 0.05) is 12.2 Å². The first-order valence-electron chi connectivity index (χ1n) is 7.47. The summed E-state index contributed by atoms with van der Waals surface area (Å²) in [5.74, 6) is -0.379. The van der Waals surface area contributed by atoms with Gasteiger partial charge in [0.25, 0.3) is 0 Å². The maximum absolute atomic E-state index is 11.8. The lowest BCUT2D eigenvalue weighted by molar-refractivity contribution is -0.118. The lowest BCUT2D eigenvalue weighted by Gasteiger charge is -2.10. The molecule has 5 heteroatoms. The summed E-state index contributed by atoms with van der Waals surface area (Å²) >= 11 is 0. The van der Waals surface area contributed by atoms with Crippen LogP contribution in [0.25, 0.3) is 0 Å². The normalized spacial score (nSPS) is 10.0. The Hall–Kier alpha value is -2.82. The standard InChI is InChI=1S/C18H21N3O2/c1-13-8-9-16(14(2)10-13)19-12-17(22)21-18(23)20-11-15-6-4-3-5-7-15/h3-10,19H,11-12H2,1-2H3,(H2,20,21,22,23). The number of carbonyl (C=O) groups is 2. The Balaban J connectivity index is 1.74. The summed E-state index contributed by atoms with van der Waals surface area (Å²) in [6.45, 7) is 4.41. The smallest absolute Gasteiger partial charge is 0.321 e. The number of nitrogens with one attached hydrogen (secondary N) is 3. The zero-order valence-corrected chi connectivity index (χ0v) is 13.3. The number of urea groups is 1. The van der Waals surface area contributed by atoms with E-state index in [0.29, 0.717) is 6.54 Å². The topological polar surface area (TPSA) is 70.2 Å². The van der Waals surface area contributed by atoms with Crippen molar-refractivity contribution in [2.24, 2.45) is 0 Å². The summed E-state index contributed by atoms with van der Waals surface area (Å²) in [5, 5.41) is 7.98. The lowest BCUT2D eigenvalue weighted by Crippen LogP contribution is -2.41. The van der Waals surface area contributed by atoms with Gasteiger partial charge in [0.05, 0.1) is 6.54 Å². The van der Waals surface area contributed by atoms with Gasteiger partial charge >= 0.3 is 6.03 Å². The zero-order chi connectivity index (χ0) is 16.7. The van der Waals surface area contributed by atoms with Gasteiger partial charge in [-0.15, -0.1) is 0 Å². The number of imide groups is 1. The van der Waals surface area contributed by atoms with E-state index in [1.165, 1.54) is 0 Å². The third-order valence-electron chi connectivity index (χ3n) is 3.37. The molecule has 5 nitrogen and oxygen atoms in total. The Kier molecular flexibility index (Phi) is 5.74. The molecule has 0 heterocycles. The van der Waals surface area contributed by atoms with Crippen molar-refractivity contribution < 1.29 is 9.59 Å². The number of anilines is 1. The van der Waals surface area contributed by atoms with Crippen LogP contribution in [0.15, 0.2) is 48.5 Å². The molecule has 2 aromatic rings. The van der Waals surface area contributed by atoms with E-state index < -0.39 is 6.03 Å². The highest BCUT2D eigenvalue weighted by Gasteiger charge is 2.07. The average Bonchev–Trinajstić information content (AvgIpc) is 2.53. The Morgan fingerprint density at radius 3 is 2.43 bits per heavy atom. The Bertz CT molecular complexity index is 684. The van der Waals surface area contributed by atoms with Crippen molar-refractivity contribution in [2.45, 2.75) is 20.4 Å². The molecule has 0 aromatic heterocycles. The predicted octanol–water partition coefficient (Wildman–Crippen LogP) is 2.74. The Morgan fingerprint density at radius 1 is 1.00 bits per heavy atom. The molecule has 0 aliphatic rings. The first-order valence-corrected chi connectivity index (χ1v) is 7.47. The van der Waals surface area contributed by atoms with E-state index in [9.17, 15) is 9.59 Å². The van der Waals surface area contributed by atoms with Crippen LogP contribution in [-0.4, -0.2) is 18.5 Å². The van der Waals surface area contributed by atoms with E-state index >= 15 is 0 Å². The first kappa shape index (κ1) is 16.5. The van der Waals surface area contributed by atoms with Gasteiger partial charge in [0.2, 0.25) is 5.91 Å². The van der Waals surface area contributed by atoms with Crippen LogP contribution >= 0.6 is 0 Å². The van der Waals surface area contributed by atoms with Crippen LogP contribution < -0.4 is 16.0 Å². The summed E-state index contributed by atoms with van der Waals surface area (Å²) in [4.78, 5) is 23.5. The highest BCUT2D eigenvalue weighted by atomic mass is 16.2. The molecule has 0 aliphatic carbocycles. The van der Waals surface area contributed by atoms with Crippen molar-refractivity contribution in [3.8, 4) is 0 Å². The number of rotatable bonds is 5. The van der Waals surface area contributed by atoms with Gasteiger partial charge < -0.3 is 10.6 Å². The number of amides is 3. The van der Waals surface area contributed by atoms with E-state index in [4.69, 9.17) is 0 Å². The summed E-state index contributed by atoms with van der Waals surface area (Å²) in [5.41, 5.74) is 4.09. The van der Waals surface area contributed by atoms with Gasteiger partial charge in [0.15, 0.2) is 0 Å². The molecule has 0 spiro atoms. The number of aryl methyl sites for hydroxylation is 2. The van der Waals surface area contributed by atoms with E-state index in [1.54, 1.807) is 0 Å². The fraction of sp³-hybridized carbons (Fsp3) is 0.222. The monoisotopic (exact) mass is 311 g/mol. The minimum atomic E-state index is -0.499. The third kappa shape index (κ3) is 5.47. The van der Waals surface area contributed by atoms with Crippen molar-refractivity contribution in [3.05, 3.63) is 65.2 Å². The van der Waals surface area contributed by atoms with Gasteiger partial charge in [0.1, 0.15) is 0 Å². The number of benzene rings is 2. The van der Waals surface area contributed by atoms with Crippen LogP contribution in [-0.2, 0) is 11.3 Å². The van der Waals surface area contributed by atoms with E-state index in [-0.39, 0.29) is 12.5 Å². The Morgan fingerprint density at radius 2 is 1.74 bits per heavy atom. The molecule has 0 aliphatic heterocycles. The second-order valence-electron chi connectivity index (χ2n) is 5.39. The lowest BCUT2D eigenvalue weighted by atomic mass is 10.1. The fourth-order valence-corrected chi connectivity index (χ4v) is 2.18. The summed E-state index contributed by atoms with van der Waals surface area (Å²) in [7, 11) is 0. The van der Waals surface area contributed by atoms with Crippen LogP contribution in [0.3, 0.4) is 0 Å². The molecule has 0 bridgehead atoms. The molecule has 0 atom stereocenters. The maximum atomic E-state index is 11.8. The molecule has 0 radical (unpaired) electrons. The fourth-order valence-electron chi connectivity index (χ4n) is 2.18. The van der Waals surface area contributed by atoms with Crippen LogP contribution in [0.4, 0.5) is 10.5 Å². The Labute approximate surface area is 136 Å². The van der Waals surface area contributed by atoms with Crippen LogP contribution in [0, 0.1) is 13.8 Å². The van der Waals surface area contributed by atoms with E-state index in [1.807, 2.05) is 62.4 Å². The third-order valence-corrected chi connectivity index (χ3v) is 3.37. The molecule has 120 valence electrons. The summed E-state index contributed by atoms with van der Waals surface area (Å²) < 4.78 is 0. The van der Waals surface area contributed by atoms with Gasteiger partial charge in [-0.1, -0.05) is 48.0 Å². The van der Waals surface area contributed by atoms with Crippen molar-refractivity contribution in [2.75, 3.05) is 11.9 Å². The largest absolute Gasteiger partial charge is 0.376 e. The molecule has 23 heavy (non-hydrogen) atoms. The summed E-state index contributed by atoms with van der Waals surface area (Å²) in [6.07, 6.45) is 0. The molecule has 0 fully saturated rings. The van der Waals surface area contributed by atoms with Crippen LogP contribution in [0.1, 0.15) is 16.7 Å². The van der Waals surface area contributed by atoms with Gasteiger partial charge in [-0.2, -0.15) is 0 Å². The maximum Gasteiger partial charge on any atom is 0.321 e. The second-order valence-corrected chi connectivity index (χ2v) is 5.39. The van der Waals surface area contributed by atoms with E-state index in [2.05, 4.69) is 16.0 Å². The van der Waals surface area contributed by atoms with Gasteiger partial charge in [-0.25, -0.2) is 4.79 Å².